The van der Waals surface area contributed by atoms with Gasteiger partial charge in [0.1, 0.15) is 5.82 Å². The molecule has 0 aliphatic carbocycles. The molecule has 0 radical (unpaired) electrons. The maximum absolute atomic E-state index is 13.7. The molecule has 0 N–H and O–H groups in total. The summed E-state index contributed by atoms with van der Waals surface area (Å²) >= 11 is 3.23. The van der Waals surface area contributed by atoms with Crippen molar-refractivity contribution >= 4 is 27.8 Å². The lowest BCUT2D eigenvalue weighted by Crippen LogP contribution is -2.44. The molecule has 0 bridgehead atoms. The van der Waals surface area contributed by atoms with Crippen molar-refractivity contribution in [3.05, 3.63) is 34.1 Å². The van der Waals surface area contributed by atoms with Gasteiger partial charge in [-0.25, -0.2) is 4.39 Å². The largest absolute Gasteiger partial charge is 0.466 e. The average Bonchev–Trinajstić information content (AvgIpc) is 3.04. The van der Waals surface area contributed by atoms with Crippen molar-refractivity contribution in [1.82, 2.24) is 9.80 Å². The number of carbonyl (C=O) groups excluding carboxylic acids is 2. The van der Waals surface area contributed by atoms with Crippen LogP contribution in [-0.2, 0) is 9.53 Å². The van der Waals surface area contributed by atoms with E-state index in [0.29, 0.717) is 17.6 Å². The molecule has 1 atom stereocenters. The van der Waals surface area contributed by atoms with Gasteiger partial charge in [-0.1, -0.05) is 22.9 Å². The van der Waals surface area contributed by atoms with Crippen LogP contribution in [0.25, 0.3) is 0 Å². The summed E-state index contributed by atoms with van der Waals surface area (Å²) < 4.78 is 19.2. The average molecular weight is 429 g/mol. The summed E-state index contributed by atoms with van der Waals surface area (Å²) in [6.07, 6.45) is 2.25. The first-order valence-corrected chi connectivity index (χ1v) is 9.89. The highest BCUT2D eigenvalue weighted by atomic mass is 79.9. The first kappa shape index (κ1) is 20.8. The monoisotopic (exact) mass is 428 g/mol. The van der Waals surface area contributed by atoms with Gasteiger partial charge in [0, 0.05) is 29.2 Å². The van der Waals surface area contributed by atoms with Gasteiger partial charge in [0.25, 0.3) is 5.91 Å². The number of rotatable bonds is 8. The molecule has 26 heavy (non-hydrogen) atoms. The Morgan fingerprint density at radius 3 is 2.77 bits per heavy atom. The second-order valence-electron chi connectivity index (χ2n) is 6.39. The van der Waals surface area contributed by atoms with Crippen molar-refractivity contribution < 1.29 is 18.7 Å². The van der Waals surface area contributed by atoms with Gasteiger partial charge in [-0.3, -0.25) is 14.5 Å². The zero-order valence-electron chi connectivity index (χ0n) is 15.3. The summed E-state index contributed by atoms with van der Waals surface area (Å²) in [6, 6.07) is 4.42. The van der Waals surface area contributed by atoms with Gasteiger partial charge < -0.3 is 9.64 Å². The van der Waals surface area contributed by atoms with Crippen molar-refractivity contribution in [1.29, 1.82) is 0 Å². The van der Waals surface area contributed by atoms with Crippen LogP contribution in [0.1, 0.15) is 43.5 Å². The molecular weight excluding hydrogens is 403 g/mol. The van der Waals surface area contributed by atoms with Crippen LogP contribution in [0.3, 0.4) is 0 Å². The van der Waals surface area contributed by atoms with Gasteiger partial charge in [-0.2, -0.15) is 0 Å². The molecule has 1 aliphatic rings. The fraction of sp³-hybridized carbons (Fsp3) is 0.579. The predicted molar refractivity (Wildman–Crippen MR) is 102 cm³/mol. The number of halogens is 2. The number of hydrogen-bond donors (Lipinski definition) is 0. The second kappa shape index (κ2) is 10.0. The van der Waals surface area contributed by atoms with Gasteiger partial charge in [0.05, 0.1) is 13.0 Å². The van der Waals surface area contributed by atoms with E-state index in [2.05, 4.69) is 27.8 Å². The standard InChI is InChI=1S/C19H26BrFN2O3/c1-3-22-8-5-6-17(22)13-23(9-7-18(24)26-4-2)19(25)14-10-15(20)12-16(21)11-14/h10-12,17H,3-9,13H2,1-2H3. The summed E-state index contributed by atoms with van der Waals surface area (Å²) in [6.45, 7) is 6.91. The van der Waals surface area contributed by atoms with Crippen molar-refractivity contribution in [2.24, 2.45) is 0 Å². The first-order valence-electron chi connectivity index (χ1n) is 9.09. The third-order valence-corrected chi connectivity index (χ3v) is 5.08. The van der Waals surface area contributed by atoms with Crippen molar-refractivity contribution in [2.75, 3.05) is 32.8 Å². The van der Waals surface area contributed by atoms with Gasteiger partial charge in [-0.05, 0) is 51.1 Å². The Morgan fingerprint density at radius 2 is 2.12 bits per heavy atom. The molecule has 1 aromatic carbocycles. The Bertz CT molecular complexity index is 621. The molecule has 1 fully saturated rings. The molecule has 1 aromatic rings. The van der Waals surface area contributed by atoms with Crippen LogP contribution in [0.5, 0.6) is 0 Å². The highest BCUT2D eigenvalue weighted by molar-refractivity contribution is 9.10. The molecule has 0 saturated carbocycles. The fourth-order valence-electron chi connectivity index (χ4n) is 3.37. The molecule has 1 amide bonds. The topological polar surface area (TPSA) is 49.9 Å². The first-order chi connectivity index (χ1) is 12.4. The maximum atomic E-state index is 13.7. The molecule has 1 saturated heterocycles. The van der Waals surface area contributed by atoms with Crippen LogP contribution >= 0.6 is 15.9 Å². The van der Waals surface area contributed by atoms with Gasteiger partial charge in [-0.15, -0.1) is 0 Å². The number of likely N-dealkylation sites (tertiary alicyclic amines) is 1. The molecule has 0 spiro atoms. The Morgan fingerprint density at radius 1 is 1.35 bits per heavy atom. The lowest BCUT2D eigenvalue weighted by Gasteiger charge is -2.30. The Hall–Kier alpha value is -1.47. The van der Waals surface area contributed by atoms with Crippen LogP contribution in [0.15, 0.2) is 22.7 Å². The Balaban J connectivity index is 2.15. The highest BCUT2D eigenvalue weighted by Gasteiger charge is 2.28. The Kier molecular flexibility index (Phi) is 8.03. The molecule has 1 heterocycles. The number of carbonyl (C=O) groups is 2. The third-order valence-electron chi connectivity index (χ3n) is 4.62. The minimum absolute atomic E-state index is 0.134. The minimum atomic E-state index is -0.468. The molecule has 0 aromatic heterocycles. The fourth-order valence-corrected chi connectivity index (χ4v) is 3.83. The van der Waals surface area contributed by atoms with Crippen LogP contribution in [0.4, 0.5) is 4.39 Å². The van der Waals surface area contributed by atoms with Crippen molar-refractivity contribution in [2.45, 2.75) is 39.2 Å². The number of benzene rings is 1. The van der Waals surface area contributed by atoms with Crippen LogP contribution < -0.4 is 0 Å². The molecule has 7 heteroatoms. The van der Waals surface area contributed by atoms with E-state index in [0.717, 1.165) is 25.9 Å². The molecule has 144 valence electrons. The van der Waals surface area contributed by atoms with E-state index in [-0.39, 0.29) is 36.4 Å². The van der Waals surface area contributed by atoms with Gasteiger partial charge >= 0.3 is 5.97 Å². The van der Waals surface area contributed by atoms with E-state index >= 15 is 0 Å². The normalized spacial score (nSPS) is 17.3. The summed E-state index contributed by atoms with van der Waals surface area (Å²) in [4.78, 5) is 28.7. The third kappa shape index (κ3) is 5.77. The van der Waals surface area contributed by atoms with E-state index in [1.165, 1.54) is 12.1 Å². The van der Waals surface area contributed by atoms with Crippen molar-refractivity contribution in [3.8, 4) is 0 Å². The number of nitrogens with zero attached hydrogens (tertiary/aromatic N) is 2. The Labute approximate surface area is 162 Å². The lowest BCUT2D eigenvalue weighted by molar-refractivity contribution is -0.143. The van der Waals surface area contributed by atoms with Crippen LogP contribution in [0, 0.1) is 5.82 Å². The van der Waals surface area contributed by atoms with Gasteiger partial charge in [0.15, 0.2) is 0 Å². The summed E-state index contributed by atoms with van der Waals surface area (Å²) in [5.74, 6) is -1.06. The summed E-state index contributed by atoms with van der Waals surface area (Å²) in [7, 11) is 0. The SMILES string of the molecule is CCOC(=O)CCN(CC1CCCN1CC)C(=O)c1cc(F)cc(Br)c1. The predicted octanol–water partition coefficient (Wildman–Crippen LogP) is 3.47. The minimum Gasteiger partial charge on any atom is -0.466 e. The number of amides is 1. The summed E-state index contributed by atoms with van der Waals surface area (Å²) in [5, 5.41) is 0. The zero-order chi connectivity index (χ0) is 19.1. The number of hydrogen-bond acceptors (Lipinski definition) is 4. The van der Waals surface area contributed by atoms with E-state index in [1.54, 1.807) is 17.9 Å². The molecular formula is C19H26BrFN2O3. The number of esters is 1. The summed E-state index contributed by atoms with van der Waals surface area (Å²) in [5.41, 5.74) is 0.279. The van der Waals surface area contributed by atoms with Crippen LogP contribution in [0.2, 0.25) is 0 Å². The second-order valence-corrected chi connectivity index (χ2v) is 7.30. The highest BCUT2D eigenvalue weighted by Crippen LogP contribution is 2.21. The lowest BCUT2D eigenvalue weighted by atomic mass is 10.1. The van der Waals surface area contributed by atoms with E-state index < -0.39 is 5.82 Å². The molecule has 2 rings (SSSR count). The number of likely N-dealkylation sites (N-methyl/N-ethyl adjacent to an activating group) is 1. The molecule has 5 nitrogen and oxygen atoms in total. The van der Waals surface area contributed by atoms with E-state index in [4.69, 9.17) is 4.74 Å². The van der Waals surface area contributed by atoms with Gasteiger partial charge in [0.2, 0.25) is 0 Å². The molecule has 1 unspecified atom stereocenters. The quantitative estimate of drug-likeness (QED) is 0.594. The van der Waals surface area contributed by atoms with E-state index in [1.807, 2.05) is 0 Å². The van der Waals surface area contributed by atoms with Crippen molar-refractivity contribution in [3.63, 3.8) is 0 Å². The smallest absolute Gasteiger partial charge is 0.307 e. The molecule has 1 aliphatic heterocycles. The van der Waals surface area contributed by atoms with E-state index in [9.17, 15) is 14.0 Å². The van der Waals surface area contributed by atoms with Crippen LogP contribution in [-0.4, -0.2) is 60.5 Å². The maximum Gasteiger partial charge on any atom is 0.307 e. The zero-order valence-corrected chi connectivity index (χ0v) is 16.9. The number of ether oxygens (including phenoxy) is 1.